The maximum atomic E-state index is 13.8. The quantitative estimate of drug-likeness (QED) is 0.823. The van der Waals surface area contributed by atoms with Gasteiger partial charge in [0.25, 0.3) is 0 Å². The predicted molar refractivity (Wildman–Crippen MR) is 110 cm³/mol. The molecule has 1 N–H and O–H groups in total. The number of thiazole rings is 1. The lowest BCUT2D eigenvalue weighted by molar-refractivity contribution is -0.133. The topological polar surface area (TPSA) is 45.2 Å². The van der Waals surface area contributed by atoms with Crippen LogP contribution in [0.5, 0.6) is 0 Å². The zero-order valence-corrected chi connectivity index (χ0v) is 16.9. The van der Waals surface area contributed by atoms with E-state index in [0.717, 1.165) is 81.0 Å². The second-order valence-corrected chi connectivity index (χ2v) is 9.45. The molecule has 0 radical (unpaired) electrons. The molecular formula is C22H26FN3OS. The Bertz CT molecular complexity index is 884. The molecule has 4 nitrogen and oxygen atoms in total. The average molecular weight is 400 g/mol. The summed E-state index contributed by atoms with van der Waals surface area (Å²) in [5.74, 6) is 1.09. The Balaban J connectivity index is 1.22. The molecule has 3 aliphatic rings. The van der Waals surface area contributed by atoms with Gasteiger partial charge in [-0.15, -0.1) is 11.3 Å². The molecular weight excluding hydrogens is 373 g/mol. The van der Waals surface area contributed by atoms with Gasteiger partial charge in [0.1, 0.15) is 5.82 Å². The Kier molecular flexibility index (Phi) is 4.83. The molecule has 5 rings (SSSR count). The van der Waals surface area contributed by atoms with E-state index in [1.54, 1.807) is 23.5 Å². The molecule has 0 unspecified atom stereocenters. The summed E-state index contributed by atoms with van der Waals surface area (Å²) < 4.78 is 13.8. The summed E-state index contributed by atoms with van der Waals surface area (Å²) in [6.07, 6.45) is 7.37. The molecule has 1 aromatic carbocycles. The van der Waals surface area contributed by atoms with E-state index in [2.05, 4.69) is 10.2 Å². The second-order valence-electron chi connectivity index (χ2n) is 8.37. The Morgan fingerprint density at radius 3 is 2.82 bits per heavy atom. The zero-order valence-electron chi connectivity index (χ0n) is 16.0. The molecule has 0 atom stereocenters. The fourth-order valence-electron chi connectivity index (χ4n) is 4.41. The summed E-state index contributed by atoms with van der Waals surface area (Å²) in [5, 5.41) is 4.47. The molecule has 1 saturated heterocycles. The SMILES string of the molecule is O=C(C1CC1)N1CCC(CNc2nc3c(s2)CCCc2ccc(F)cc2-3)CC1. The smallest absolute Gasteiger partial charge is 0.225 e. The Morgan fingerprint density at radius 2 is 2.04 bits per heavy atom. The van der Waals surface area contributed by atoms with Gasteiger partial charge in [-0.3, -0.25) is 4.79 Å². The van der Waals surface area contributed by atoms with Crippen LogP contribution in [0.25, 0.3) is 11.3 Å². The first-order chi connectivity index (χ1) is 13.7. The van der Waals surface area contributed by atoms with E-state index in [1.807, 2.05) is 6.07 Å². The molecule has 2 fully saturated rings. The van der Waals surface area contributed by atoms with Gasteiger partial charge in [0.15, 0.2) is 5.13 Å². The summed E-state index contributed by atoms with van der Waals surface area (Å²) in [7, 11) is 0. The average Bonchev–Trinajstić information content (AvgIpc) is 3.50. The summed E-state index contributed by atoms with van der Waals surface area (Å²) in [6.45, 7) is 2.68. The van der Waals surface area contributed by atoms with Gasteiger partial charge < -0.3 is 10.2 Å². The van der Waals surface area contributed by atoms with Crippen LogP contribution in [-0.4, -0.2) is 35.4 Å². The van der Waals surface area contributed by atoms with Crippen molar-refractivity contribution in [2.75, 3.05) is 25.0 Å². The van der Waals surface area contributed by atoms with Crippen molar-refractivity contribution < 1.29 is 9.18 Å². The Morgan fingerprint density at radius 1 is 1.21 bits per heavy atom. The molecule has 1 amide bonds. The highest BCUT2D eigenvalue weighted by atomic mass is 32.1. The van der Waals surface area contributed by atoms with Gasteiger partial charge in [-0.25, -0.2) is 9.37 Å². The van der Waals surface area contributed by atoms with E-state index in [9.17, 15) is 9.18 Å². The highest BCUT2D eigenvalue weighted by molar-refractivity contribution is 7.16. The van der Waals surface area contributed by atoms with Crippen molar-refractivity contribution in [2.45, 2.75) is 44.9 Å². The predicted octanol–water partition coefficient (Wildman–Crippen LogP) is 4.50. The number of carbonyl (C=O) groups excluding carboxylic acids is 1. The van der Waals surface area contributed by atoms with Crippen LogP contribution in [0.2, 0.25) is 0 Å². The largest absolute Gasteiger partial charge is 0.361 e. The number of carbonyl (C=O) groups is 1. The molecule has 28 heavy (non-hydrogen) atoms. The number of hydrogen-bond acceptors (Lipinski definition) is 4. The van der Waals surface area contributed by atoms with Gasteiger partial charge in [-0.05, 0) is 68.6 Å². The maximum absolute atomic E-state index is 13.8. The van der Waals surface area contributed by atoms with Crippen molar-refractivity contribution in [3.05, 3.63) is 34.5 Å². The molecule has 2 aliphatic carbocycles. The second kappa shape index (κ2) is 7.47. The van der Waals surface area contributed by atoms with Crippen LogP contribution in [0.1, 0.15) is 42.5 Å². The molecule has 1 aliphatic heterocycles. The van der Waals surface area contributed by atoms with Crippen molar-refractivity contribution in [3.8, 4) is 11.3 Å². The molecule has 2 heterocycles. The fraction of sp³-hybridized carbons (Fsp3) is 0.545. The van der Waals surface area contributed by atoms with Crippen LogP contribution in [0.4, 0.5) is 9.52 Å². The van der Waals surface area contributed by atoms with Crippen molar-refractivity contribution >= 4 is 22.4 Å². The first-order valence-electron chi connectivity index (χ1n) is 10.5. The number of piperidine rings is 1. The first-order valence-corrected chi connectivity index (χ1v) is 11.3. The summed E-state index contributed by atoms with van der Waals surface area (Å²) >= 11 is 1.72. The van der Waals surface area contributed by atoms with E-state index >= 15 is 0 Å². The number of aryl methyl sites for hydroxylation is 2. The number of fused-ring (bicyclic) bond motifs is 3. The number of halogens is 1. The van der Waals surface area contributed by atoms with Crippen LogP contribution in [0, 0.1) is 17.7 Å². The third kappa shape index (κ3) is 3.66. The lowest BCUT2D eigenvalue weighted by atomic mass is 9.96. The van der Waals surface area contributed by atoms with Crippen LogP contribution < -0.4 is 5.32 Å². The number of amides is 1. The molecule has 0 spiro atoms. The lowest BCUT2D eigenvalue weighted by Gasteiger charge is -2.32. The minimum absolute atomic E-state index is 0.193. The van der Waals surface area contributed by atoms with Crippen molar-refractivity contribution in [3.63, 3.8) is 0 Å². The normalized spacial score (nSPS) is 19.7. The molecule has 0 bridgehead atoms. The number of anilines is 1. The van der Waals surface area contributed by atoms with Crippen molar-refractivity contribution in [1.82, 2.24) is 9.88 Å². The third-order valence-electron chi connectivity index (χ3n) is 6.27. The molecule has 1 aromatic heterocycles. The van der Waals surface area contributed by atoms with Gasteiger partial charge in [-0.2, -0.15) is 0 Å². The summed E-state index contributed by atoms with van der Waals surface area (Å²) in [4.78, 5) is 20.3. The molecule has 6 heteroatoms. The van der Waals surface area contributed by atoms with Crippen molar-refractivity contribution in [1.29, 1.82) is 0 Å². The highest BCUT2D eigenvalue weighted by Gasteiger charge is 2.34. The van der Waals surface area contributed by atoms with E-state index in [-0.39, 0.29) is 5.82 Å². The van der Waals surface area contributed by atoms with Gasteiger partial charge in [0.2, 0.25) is 5.91 Å². The number of nitrogens with one attached hydrogen (secondary N) is 1. The van der Waals surface area contributed by atoms with Gasteiger partial charge >= 0.3 is 0 Å². The number of aromatic nitrogens is 1. The van der Waals surface area contributed by atoms with Crippen LogP contribution >= 0.6 is 11.3 Å². The lowest BCUT2D eigenvalue weighted by Crippen LogP contribution is -2.40. The minimum Gasteiger partial charge on any atom is -0.361 e. The summed E-state index contributed by atoms with van der Waals surface area (Å²) in [5.41, 5.74) is 3.12. The highest BCUT2D eigenvalue weighted by Crippen LogP contribution is 2.38. The standard InChI is InChI=1S/C22H26FN3OS/c23-17-7-6-15-2-1-3-19-20(18(15)12-17)25-22(28-19)24-13-14-8-10-26(11-9-14)21(27)16-4-5-16/h6-7,12,14,16H,1-5,8-11,13H2,(H,24,25). The first kappa shape index (κ1) is 18.1. The molecule has 1 saturated carbocycles. The number of benzene rings is 1. The fourth-order valence-corrected chi connectivity index (χ4v) is 5.44. The van der Waals surface area contributed by atoms with E-state index in [1.165, 1.54) is 10.4 Å². The van der Waals surface area contributed by atoms with Crippen LogP contribution in [-0.2, 0) is 17.6 Å². The Hall–Kier alpha value is -1.95. The zero-order chi connectivity index (χ0) is 19.1. The van der Waals surface area contributed by atoms with Crippen molar-refractivity contribution in [2.24, 2.45) is 11.8 Å². The van der Waals surface area contributed by atoms with E-state index in [4.69, 9.17) is 4.98 Å². The monoisotopic (exact) mass is 399 g/mol. The molecule has 148 valence electrons. The van der Waals surface area contributed by atoms with Gasteiger partial charge in [0.05, 0.1) is 5.69 Å². The number of likely N-dealkylation sites (tertiary alicyclic amines) is 1. The third-order valence-corrected chi connectivity index (χ3v) is 7.34. The number of nitrogens with zero attached hydrogens (tertiary/aromatic N) is 2. The Labute approximate surface area is 169 Å². The molecule has 2 aromatic rings. The maximum Gasteiger partial charge on any atom is 0.225 e. The van der Waals surface area contributed by atoms with E-state index in [0.29, 0.717) is 17.7 Å². The van der Waals surface area contributed by atoms with Gasteiger partial charge in [0, 0.05) is 36.0 Å². The number of rotatable bonds is 4. The van der Waals surface area contributed by atoms with Gasteiger partial charge in [-0.1, -0.05) is 6.07 Å². The minimum atomic E-state index is -0.193. The van der Waals surface area contributed by atoms with Crippen LogP contribution in [0.3, 0.4) is 0 Å². The number of hydrogen-bond donors (Lipinski definition) is 1. The summed E-state index contributed by atoms with van der Waals surface area (Å²) in [6, 6.07) is 5.09. The van der Waals surface area contributed by atoms with Crippen LogP contribution in [0.15, 0.2) is 18.2 Å². The van der Waals surface area contributed by atoms with E-state index < -0.39 is 0 Å².